The van der Waals surface area contributed by atoms with Crippen LogP contribution in [0.15, 0.2) is 0 Å². The molecule has 0 aliphatic heterocycles. The van der Waals surface area contributed by atoms with Crippen molar-refractivity contribution in [2.24, 2.45) is 23.0 Å². The topological polar surface area (TPSA) is 63.3 Å². The van der Waals surface area contributed by atoms with E-state index in [-0.39, 0.29) is 23.3 Å². The molecular formula is C10H19NO2. The third-order valence-corrected chi connectivity index (χ3v) is 3.10. The predicted octanol–water partition coefficient (Wildman–Crippen LogP) is 1.47. The molecule has 1 aliphatic carbocycles. The van der Waals surface area contributed by atoms with Crippen molar-refractivity contribution in [3.63, 3.8) is 0 Å². The van der Waals surface area contributed by atoms with Crippen LogP contribution in [0.4, 0.5) is 0 Å². The molecule has 0 bridgehead atoms. The van der Waals surface area contributed by atoms with Gasteiger partial charge in [0.2, 0.25) is 0 Å². The van der Waals surface area contributed by atoms with Gasteiger partial charge in [-0.2, -0.15) is 0 Å². The second-order valence-corrected chi connectivity index (χ2v) is 5.08. The van der Waals surface area contributed by atoms with Crippen molar-refractivity contribution in [3.05, 3.63) is 0 Å². The zero-order valence-electron chi connectivity index (χ0n) is 8.58. The van der Waals surface area contributed by atoms with Crippen LogP contribution < -0.4 is 5.73 Å². The number of aliphatic carboxylic acids is 1. The first kappa shape index (κ1) is 10.5. The summed E-state index contributed by atoms with van der Waals surface area (Å²) in [5, 5.41) is 9.04. The fourth-order valence-corrected chi connectivity index (χ4v) is 2.36. The first-order chi connectivity index (χ1) is 5.84. The Hall–Kier alpha value is -0.570. The van der Waals surface area contributed by atoms with Gasteiger partial charge >= 0.3 is 5.97 Å². The highest BCUT2D eigenvalue weighted by Crippen LogP contribution is 2.42. The molecule has 76 valence electrons. The van der Waals surface area contributed by atoms with Gasteiger partial charge in [-0.05, 0) is 24.2 Å². The van der Waals surface area contributed by atoms with Gasteiger partial charge in [0.15, 0.2) is 0 Å². The van der Waals surface area contributed by atoms with Gasteiger partial charge in [-0.3, -0.25) is 4.79 Å². The Balaban J connectivity index is 2.82. The Kier molecular flexibility index (Phi) is 2.66. The quantitative estimate of drug-likeness (QED) is 0.650. The summed E-state index contributed by atoms with van der Waals surface area (Å²) in [4.78, 5) is 11.0. The standard InChI is InChI=1S/C10H19NO2/c1-10(2,3)6-4-5-7(11)8(6)9(12)13/h6-8H,4-5,11H2,1-3H3,(H,12,13)/t6-,7-,8+/m0/s1. The van der Waals surface area contributed by atoms with Crippen LogP contribution in [-0.2, 0) is 4.79 Å². The van der Waals surface area contributed by atoms with Crippen LogP contribution in [0.1, 0.15) is 33.6 Å². The Morgan fingerprint density at radius 1 is 1.38 bits per heavy atom. The molecule has 0 heterocycles. The molecule has 1 saturated carbocycles. The third kappa shape index (κ3) is 2.02. The molecule has 3 atom stereocenters. The molecule has 3 N–H and O–H groups in total. The molecule has 1 aliphatic rings. The van der Waals surface area contributed by atoms with E-state index < -0.39 is 5.97 Å². The maximum Gasteiger partial charge on any atom is 0.308 e. The van der Waals surface area contributed by atoms with Crippen molar-refractivity contribution >= 4 is 5.97 Å². The minimum absolute atomic E-state index is 0.0528. The summed E-state index contributed by atoms with van der Waals surface area (Å²) in [5.41, 5.74) is 5.84. The van der Waals surface area contributed by atoms with Crippen molar-refractivity contribution < 1.29 is 9.90 Å². The number of hydrogen-bond acceptors (Lipinski definition) is 2. The molecule has 0 radical (unpaired) electrons. The van der Waals surface area contributed by atoms with E-state index in [9.17, 15) is 4.79 Å². The molecule has 1 fully saturated rings. The predicted molar refractivity (Wildman–Crippen MR) is 51.3 cm³/mol. The van der Waals surface area contributed by atoms with Crippen LogP contribution in [0, 0.1) is 17.3 Å². The molecular weight excluding hydrogens is 166 g/mol. The number of rotatable bonds is 1. The fourth-order valence-electron chi connectivity index (χ4n) is 2.36. The number of carbonyl (C=O) groups is 1. The normalized spacial score (nSPS) is 34.9. The van der Waals surface area contributed by atoms with Crippen LogP contribution in [0.5, 0.6) is 0 Å². The van der Waals surface area contributed by atoms with Crippen LogP contribution in [0.3, 0.4) is 0 Å². The molecule has 0 aromatic heterocycles. The average molecular weight is 185 g/mol. The highest BCUT2D eigenvalue weighted by atomic mass is 16.4. The van der Waals surface area contributed by atoms with Crippen molar-refractivity contribution in [1.29, 1.82) is 0 Å². The van der Waals surface area contributed by atoms with Crippen LogP contribution in [0.25, 0.3) is 0 Å². The second kappa shape index (κ2) is 3.29. The summed E-state index contributed by atoms with van der Waals surface area (Å²) in [7, 11) is 0. The molecule has 0 unspecified atom stereocenters. The Bertz CT molecular complexity index is 207. The van der Waals surface area contributed by atoms with E-state index in [0.717, 1.165) is 12.8 Å². The van der Waals surface area contributed by atoms with Gasteiger partial charge in [0.1, 0.15) is 0 Å². The van der Waals surface area contributed by atoms with E-state index in [0.29, 0.717) is 0 Å². The number of carboxylic acids is 1. The largest absolute Gasteiger partial charge is 0.481 e. The average Bonchev–Trinajstić information content (AvgIpc) is 2.28. The SMILES string of the molecule is CC(C)(C)[C@H]1CC[C@H](N)[C@@H]1C(=O)O. The summed E-state index contributed by atoms with van der Waals surface area (Å²) in [5.74, 6) is -0.857. The van der Waals surface area contributed by atoms with Crippen molar-refractivity contribution in [2.75, 3.05) is 0 Å². The summed E-state index contributed by atoms with van der Waals surface area (Å²) < 4.78 is 0. The van der Waals surface area contributed by atoms with Crippen molar-refractivity contribution in [2.45, 2.75) is 39.7 Å². The van der Waals surface area contributed by atoms with Crippen LogP contribution in [0.2, 0.25) is 0 Å². The lowest BCUT2D eigenvalue weighted by Gasteiger charge is -2.31. The summed E-state index contributed by atoms with van der Waals surface area (Å²) >= 11 is 0. The van der Waals surface area contributed by atoms with E-state index in [1.807, 2.05) is 0 Å². The molecule has 0 aromatic rings. The van der Waals surface area contributed by atoms with E-state index in [1.165, 1.54) is 0 Å². The number of carboxylic acid groups (broad SMARTS) is 1. The van der Waals surface area contributed by atoms with E-state index in [4.69, 9.17) is 10.8 Å². The highest BCUT2D eigenvalue weighted by molar-refractivity contribution is 5.71. The Morgan fingerprint density at radius 3 is 2.23 bits per heavy atom. The van der Waals surface area contributed by atoms with Gasteiger partial charge in [0, 0.05) is 6.04 Å². The number of hydrogen-bond donors (Lipinski definition) is 2. The monoisotopic (exact) mass is 185 g/mol. The lowest BCUT2D eigenvalue weighted by Crippen LogP contribution is -2.38. The minimum Gasteiger partial charge on any atom is -0.481 e. The number of nitrogens with two attached hydrogens (primary N) is 1. The molecule has 3 heteroatoms. The molecule has 0 amide bonds. The first-order valence-corrected chi connectivity index (χ1v) is 4.82. The summed E-state index contributed by atoms with van der Waals surface area (Å²) in [6.07, 6.45) is 1.79. The van der Waals surface area contributed by atoms with Gasteiger partial charge in [-0.1, -0.05) is 20.8 Å². The fraction of sp³-hybridized carbons (Fsp3) is 0.900. The molecule has 0 aromatic carbocycles. The van der Waals surface area contributed by atoms with Crippen molar-refractivity contribution in [1.82, 2.24) is 0 Å². The molecule has 13 heavy (non-hydrogen) atoms. The van der Waals surface area contributed by atoms with E-state index >= 15 is 0 Å². The second-order valence-electron chi connectivity index (χ2n) is 5.08. The van der Waals surface area contributed by atoms with Gasteiger partial charge in [0.25, 0.3) is 0 Å². The zero-order valence-corrected chi connectivity index (χ0v) is 8.58. The van der Waals surface area contributed by atoms with E-state index in [2.05, 4.69) is 20.8 Å². The lowest BCUT2D eigenvalue weighted by molar-refractivity contribution is -0.144. The zero-order chi connectivity index (χ0) is 10.2. The first-order valence-electron chi connectivity index (χ1n) is 4.82. The molecule has 0 saturated heterocycles. The van der Waals surface area contributed by atoms with Gasteiger partial charge in [-0.15, -0.1) is 0 Å². The molecule has 3 nitrogen and oxygen atoms in total. The van der Waals surface area contributed by atoms with Gasteiger partial charge < -0.3 is 10.8 Å². The lowest BCUT2D eigenvalue weighted by atomic mass is 9.74. The maximum atomic E-state index is 11.0. The molecule has 0 spiro atoms. The van der Waals surface area contributed by atoms with Gasteiger partial charge in [0.05, 0.1) is 5.92 Å². The van der Waals surface area contributed by atoms with Crippen LogP contribution in [-0.4, -0.2) is 17.1 Å². The smallest absolute Gasteiger partial charge is 0.308 e. The molecule has 1 rings (SSSR count). The third-order valence-electron chi connectivity index (χ3n) is 3.10. The van der Waals surface area contributed by atoms with Crippen LogP contribution >= 0.6 is 0 Å². The van der Waals surface area contributed by atoms with Crippen molar-refractivity contribution in [3.8, 4) is 0 Å². The Labute approximate surface area is 79.3 Å². The Morgan fingerprint density at radius 2 is 1.92 bits per heavy atom. The van der Waals surface area contributed by atoms with Gasteiger partial charge in [-0.25, -0.2) is 0 Å². The highest BCUT2D eigenvalue weighted by Gasteiger charge is 2.44. The minimum atomic E-state index is -0.732. The van der Waals surface area contributed by atoms with E-state index in [1.54, 1.807) is 0 Å². The summed E-state index contributed by atoms with van der Waals surface area (Å²) in [6, 6.07) is -0.151. The maximum absolute atomic E-state index is 11.0. The summed E-state index contributed by atoms with van der Waals surface area (Å²) in [6.45, 7) is 6.27.